The van der Waals surface area contributed by atoms with Crippen molar-refractivity contribution in [2.75, 3.05) is 0 Å². The van der Waals surface area contributed by atoms with E-state index >= 15 is 0 Å². The summed E-state index contributed by atoms with van der Waals surface area (Å²) in [5.41, 5.74) is 0. The van der Waals surface area contributed by atoms with Crippen LogP contribution in [0.3, 0.4) is 0 Å². The highest BCUT2D eigenvalue weighted by Crippen LogP contribution is 2.48. The lowest BCUT2D eigenvalue weighted by Crippen LogP contribution is -2.61. The third kappa shape index (κ3) is 3.92. The number of carbonyl (C=O) groups excluding carboxylic acids is 2. The third-order valence-electron chi connectivity index (χ3n) is 3.52. The maximum Gasteiger partial charge on any atom is 0.411 e. The van der Waals surface area contributed by atoms with Crippen LogP contribution in [0, 0.1) is 0 Å². The minimum atomic E-state index is -6.80. The van der Waals surface area contributed by atoms with Gasteiger partial charge in [0.05, 0.1) is 0 Å². The summed E-state index contributed by atoms with van der Waals surface area (Å²) >= 11 is 0. The van der Waals surface area contributed by atoms with Crippen LogP contribution >= 0.6 is 0 Å². The van der Waals surface area contributed by atoms with E-state index in [-0.39, 0.29) is 12.8 Å². The van der Waals surface area contributed by atoms with Crippen LogP contribution < -0.4 is 0 Å². The number of carbonyl (C=O) groups is 2. The van der Waals surface area contributed by atoms with E-state index in [0.717, 1.165) is 0 Å². The molecule has 0 spiro atoms. The molecular formula is C13H11F9O3. The Hall–Kier alpha value is -1.75. The van der Waals surface area contributed by atoms with Gasteiger partial charge in [-0.2, -0.15) is 39.5 Å². The Balaban J connectivity index is 3.08. The first-order valence-corrected chi connectivity index (χ1v) is 6.87. The summed E-state index contributed by atoms with van der Waals surface area (Å²) in [4.78, 5) is 21.9. The van der Waals surface area contributed by atoms with Crippen LogP contribution in [0.4, 0.5) is 39.5 Å². The van der Waals surface area contributed by atoms with Crippen LogP contribution in [0.25, 0.3) is 0 Å². The number of rotatable bonds is 6. The molecular weight excluding hydrogens is 375 g/mol. The molecule has 1 rings (SSSR count). The smallest absolute Gasteiger partial charge is 0.411 e. The zero-order chi connectivity index (χ0) is 19.6. The van der Waals surface area contributed by atoms with Gasteiger partial charge in [0.1, 0.15) is 6.10 Å². The SMILES string of the molecule is O=C(OC1CCCCC1)C(F)(F)C(F)(F)C(F)(F)C(=O)C(F)=C(F)F. The van der Waals surface area contributed by atoms with Gasteiger partial charge < -0.3 is 4.74 Å². The lowest BCUT2D eigenvalue weighted by molar-refractivity contribution is -0.294. The summed E-state index contributed by atoms with van der Waals surface area (Å²) in [6, 6.07) is 0. The topological polar surface area (TPSA) is 43.4 Å². The predicted molar refractivity (Wildman–Crippen MR) is 63.2 cm³/mol. The van der Waals surface area contributed by atoms with E-state index in [1.165, 1.54) is 0 Å². The molecule has 1 saturated carbocycles. The fraction of sp³-hybridized carbons (Fsp3) is 0.692. The van der Waals surface area contributed by atoms with Gasteiger partial charge in [-0.05, 0) is 25.7 Å². The molecule has 1 aliphatic rings. The van der Waals surface area contributed by atoms with Crippen molar-refractivity contribution < 1.29 is 53.8 Å². The van der Waals surface area contributed by atoms with E-state index < -0.39 is 47.5 Å². The maximum atomic E-state index is 13.5. The number of ketones is 1. The van der Waals surface area contributed by atoms with E-state index in [0.29, 0.717) is 19.3 Å². The van der Waals surface area contributed by atoms with E-state index in [1.54, 1.807) is 0 Å². The second-order valence-corrected chi connectivity index (χ2v) is 5.29. The first-order chi connectivity index (χ1) is 11.3. The average Bonchev–Trinajstić information content (AvgIpc) is 2.53. The molecule has 1 aliphatic carbocycles. The molecule has 0 N–H and O–H groups in total. The van der Waals surface area contributed by atoms with Crippen LogP contribution in [0.5, 0.6) is 0 Å². The van der Waals surface area contributed by atoms with Gasteiger partial charge in [0.15, 0.2) is 0 Å². The van der Waals surface area contributed by atoms with Crippen molar-refractivity contribution in [2.24, 2.45) is 0 Å². The minimum Gasteiger partial charge on any atom is -0.458 e. The zero-order valence-corrected chi connectivity index (χ0v) is 12.2. The van der Waals surface area contributed by atoms with E-state index in [4.69, 9.17) is 0 Å². The largest absolute Gasteiger partial charge is 0.458 e. The van der Waals surface area contributed by atoms with E-state index in [9.17, 15) is 49.1 Å². The number of alkyl halides is 6. The van der Waals surface area contributed by atoms with Crippen molar-refractivity contribution in [3.05, 3.63) is 11.9 Å². The summed E-state index contributed by atoms with van der Waals surface area (Å²) in [5.74, 6) is -30.2. The van der Waals surface area contributed by atoms with E-state index in [1.807, 2.05) is 0 Å². The molecule has 0 amide bonds. The molecule has 3 nitrogen and oxygen atoms in total. The van der Waals surface area contributed by atoms with Gasteiger partial charge in [-0.1, -0.05) is 6.42 Å². The molecule has 144 valence electrons. The monoisotopic (exact) mass is 386 g/mol. The number of ether oxygens (including phenoxy) is 1. The van der Waals surface area contributed by atoms with Crippen molar-refractivity contribution in [1.29, 1.82) is 0 Å². The fourth-order valence-corrected chi connectivity index (χ4v) is 2.10. The van der Waals surface area contributed by atoms with Crippen LogP contribution in [0.1, 0.15) is 32.1 Å². The molecule has 0 bridgehead atoms. The van der Waals surface area contributed by atoms with Crippen LogP contribution in [0.15, 0.2) is 11.9 Å². The number of esters is 1. The van der Waals surface area contributed by atoms with Gasteiger partial charge in [-0.3, -0.25) is 4.79 Å². The Morgan fingerprint density at radius 2 is 1.28 bits per heavy atom. The quantitative estimate of drug-likeness (QED) is 0.386. The highest BCUT2D eigenvalue weighted by molar-refractivity contribution is 6.00. The Bertz CT molecular complexity index is 561. The van der Waals surface area contributed by atoms with Crippen molar-refractivity contribution in [3.8, 4) is 0 Å². The first kappa shape index (κ1) is 21.3. The van der Waals surface area contributed by atoms with Gasteiger partial charge in [0.2, 0.25) is 5.83 Å². The van der Waals surface area contributed by atoms with E-state index in [2.05, 4.69) is 4.74 Å². The fourth-order valence-electron chi connectivity index (χ4n) is 2.10. The number of allylic oxidation sites excluding steroid dienone is 1. The zero-order valence-electron chi connectivity index (χ0n) is 12.2. The molecule has 0 aromatic rings. The number of halogens is 9. The van der Waals surface area contributed by atoms with Crippen molar-refractivity contribution in [1.82, 2.24) is 0 Å². The molecule has 12 heteroatoms. The van der Waals surface area contributed by atoms with Crippen molar-refractivity contribution in [2.45, 2.75) is 56.0 Å². The Kier molecular flexibility index (Phi) is 6.17. The van der Waals surface area contributed by atoms with Gasteiger partial charge in [-0.15, -0.1) is 0 Å². The second-order valence-electron chi connectivity index (χ2n) is 5.29. The molecule has 0 radical (unpaired) electrons. The average molecular weight is 386 g/mol. The Labute approximate surface area is 134 Å². The van der Waals surface area contributed by atoms with Crippen LogP contribution in [-0.4, -0.2) is 35.6 Å². The predicted octanol–water partition coefficient (Wildman–Crippen LogP) is 4.41. The molecule has 1 fully saturated rings. The molecule has 25 heavy (non-hydrogen) atoms. The van der Waals surface area contributed by atoms with Gasteiger partial charge in [0.25, 0.3) is 5.78 Å². The Morgan fingerprint density at radius 3 is 1.72 bits per heavy atom. The summed E-state index contributed by atoms with van der Waals surface area (Å²) < 4.78 is 120. The van der Waals surface area contributed by atoms with Crippen LogP contribution in [-0.2, 0) is 14.3 Å². The Morgan fingerprint density at radius 1 is 0.800 bits per heavy atom. The molecule has 0 atom stereocenters. The summed E-state index contributed by atoms with van der Waals surface area (Å²) in [5, 5.41) is 0. The molecule has 0 aromatic heterocycles. The first-order valence-electron chi connectivity index (χ1n) is 6.87. The number of Topliss-reactive ketones (excluding diaryl/α,β-unsaturated/α-hetero) is 1. The number of hydrogen-bond donors (Lipinski definition) is 0. The second kappa shape index (κ2) is 7.24. The molecule has 0 aliphatic heterocycles. The minimum absolute atomic E-state index is 0.0349. The maximum absolute atomic E-state index is 13.5. The molecule has 0 aromatic carbocycles. The van der Waals surface area contributed by atoms with Crippen LogP contribution in [0.2, 0.25) is 0 Å². The summed E-state index contributed by atoms with van der Waals surface area (Å²) in [6.07, 6.45) is -3.35. The lowest BCUT2D eigenvalue weighted by atomic mass is 9.97. The molecule has 0 saturated heterocycles. The highest BCUT2D eigenvalue weighted by Gasteiger charge is 2.79. The van der Waals surface area contributed by atoms with Crippen molar-refractivity contribution >= 4 is 11.8 Å². The standard InChI is InChI=1S/C13H11F9O3/c14-7(9(15)16)8(23)11(17,18)13(21,22)12(19,20)10(24)25-6-4-2-1-3-5-6/h6H,1-5H2. The molecule has 0 unspecified atom stereocenters. The highest BCUT2D eigenvalue weighted by atomic mass is 19.3. The summed E-state index contributed by atoms with van der Waals surface area (Å²) in [6.45, 7) is 0. The molecule has 0 heterocycles. The normalized spacial score (nSPS) is 17.2. The van der Waals surface area contributed by atoms with Gasteiger partial charge in [-0.25, -0.2) is 4.79 Å². The van der Waals surface area contributed by atoms with Gasteiger partial charge in [0, 0.05) is 0 Å². The number of hydrogen-bond acceptors (Lipinski definition) is 3. The van der Waals surface area contributed by atoms with Crippen molar-refractivity contribution in [3.63, 3.8) is 0 Å². The third-order valence-corrected chi connectivity index (χ3v) is 3.52. The summed E-state index contributed by atoms with van der Waals surface area (Å²) in [7, 11) is 0. The van der Waals surface area contributed by atoms with Gasteiger partial charge >= 0.3 is 29.8 Å². The lowest BCUT2D eigenvalue weighted by Gasteiger charge is -2.31.